The van der Waals surface area contributed by atoms with Crippen molar-refractivity contribution in [3.63, 3.8) is 0 Å². The summed E-state index contributed by atoms with van der Waals surface area (Å²) in [5.74, 6) is 0.146. The molecule has 0 saturated heterocycles. The summed E-state index contributed by atoms with van der Waals surface area (Å²) in [7, 11) is 0. The second-order valence-electron chi connectivity index (χ2n) is 3.32. The molecule has 0 heterocycles. The van der Waals surface area contributed by atoms with Crippen LogP contribution in [0.5, 0.6) is 0 Å². The number of aliphatic hydroxyl groups is 1. The van der Waals surface area contributed by atoms with E-state index in [-0.39, 0.29) is 13.0 Å². The van der Waals surface area contributed by atoms with Crippen LogP contribution in [0.3, 0.4) is 0 Å². The summed E-state index contributed by atoms with van der Waals surface area (Å²) in [5, 5.41) is 16.5. The van der Waals surface area contributed by atoms with Gasteiger partial charge in [0, 0.05) is 18.2 Å². The van der Waals surface area contributed by atoms with E-state index in [9.17, 15) is 4.79 Å². The molecule has 0 aromatic carbocycles. The number of carboxylic acid groups (broad SMARTS) is 1. The predicted octanol–water partition coefficient (Wildman–Crippen LogP) is 1.19. The second-order valence-corrected chi connectivity index (χ2v) is 4.50. The van der Waals surface area contributed by atoms with Crippen LogP contribution in [0.2, 0.25) is 0 Å². The van der Waals surface area contributed by atoms with Crippen LogP contribution in [0.4, 0.5) is 0 Å². The number of hydrogen-bond acceptors (Lipinski definition) is 5. The Balaban J connectivity index is 0. The molecule has 0 rings (SSSR count). The maximum Gasteiger partial charge on any atom is 0.303 e. The Kier molecular flexibility index (Phi) is 17.4. The molecule has 0 fully saturated rings. The maximum atomic E-state index is 10.1. The van der Waals surface area contributed by atoms with Crippen molar-refractivity contribution in [2.45, 2.75) is 37.4 Å². The smallest absolute Gasteiger partial charge is 0.303 e. The first kappa shape index (κ1) is 18.5. The molecular formula is C10H23NO3S2. The zero-order chi connectivity index (χ0) is 12.8. The van der Waals surface area contributed by atoms with Gasteiger partial charge in [-0.05, 0) is 25.0 Å². The van der Waals surface area contributed by atoms with Gasteiger partial charge < -0.3 is 15.9 Å². The van der Waals surface area contributed by atoms with Crippen molar-refractivity contribution in [1.29, 1.82) is 0 Å². The standard InChI is InChI=1S/C8H16O2S2.C2H7NO/c9-8(10)4-2-1-3-7(12)5-6-11;3-1-2-4/h7,11-12H,1-6H2,(H,9,10);4H,1-3H2. The Bertz CT molecular complexity index is 157. The Morgan fingerprint density at radius 3 is 2.25 bits per heavy atom. The van der Waals surface area contributed by atoms with E-state index in [1.165, 1.54) is 0 Å². The first-order valence-electron chi connectivity index (χ1n) is 5.40. The first-order valence-corrected chi connectivity index (χ1v) is 6.55. The van der Waals surface area contributed by atoms with E-state index in [4.69, 9.17) is 15.9 Å². The van der Waals surface area contributed by atoms with E-state index in [0.29, 0.717) is 11.8 Å². The van der Waals surface area contributed by atoms with Crippen molar-refractivity contribution in [3.05, 3.63) is 0 Å². The molecule has 0 aliphatic carbocycles. The number of nitrogens with two attached hydrogens (primary N) is 1. The summed E-state index contributed by atoms with van der Waals surface area (Å²) < 4.78 is 0. The Morgan fingerprint density at radius 2 is 1.88 bits per heavy atom. The first-order chi connectivity index (χ1) is 7.58. The fourth-order valence-corrected chi connectivity index (χ4v) is 1.78. The highest BCUT2D eigenvalue weighted by molar-refractivity contribution is 7.81. The highest BCUT2D eigenvalue weighted by atomic mass is 32.1. The van der Waals surface area contributed by atoms with Crippen LogP contribution in [-0.4, -0.2) is 40.3 Å². The van der Waals surface area contributed by atoms with Gasteiger partial charge in [0.1, 0.15) is 0 Å². The van der Waals surface area contributed by atoms with Gasteiger partial charge in [-0.15, -0.1) is 0 Å². The number of aliphatic carboxylic acids is 1. The molecule has 0 radical (unpaired) electrons. The van der Waals surface area contributed by atoms with Crippen molar-refractivity contribution in [1.82, 2.24) is 0 Å². The van der Waals surface area contributed by atoms with Crippen LogP contribution in [0, 0.1) is 0 Å². The minimum Gasteiger partial charge on any atom is -0.481 e. The molecule has 0 bridgehead atoms. The van der Waals surface area contributed by atoms with E-state index in [1.54, 1.807) is 0 Å². The SMILES string of the molecule is NCCO.O=C(O)CCCCC(S)CCS. The monoisotopic (exact) mass is 269 g/mol. The van der Waals surface area contributed by atoms with Gasteiger partial charge in [-0.1, -0.05) is 6.42 Å². The van der Waals surface area contributed by atoms with Crippen LogP contribution >= 0.6 is 25.3 Å². The topological polar surface area (TPSA) is 83.5 Å². The lowest BCUT2D eigenvalue weighted by atomic mass is 10.1. The molecule has 0 spiro atoms. The lowest BCUT2D eigenvalue weighted by Crippen LogP contribution is -2.02. The summed E-state index contributed by atoms with van der Waals surface area (Å²) in [4.78, 5) is 10.1. The maximum absolute atomic E-state index is 10.1. The largest absolute Gasteiger partial charge is 0.481 e. The number of carbonyl (C=O) groups is 1. The Morgan fingerprint density at radius 1 is 1.31 bits per heavy atom. The van der Waals surface area contributed by atoms with E-state index < -0.39 is 5.97 Å². The molecule has 4 N–H and O–H groups in total. The van der Waals surface area contributed by atoms with Crippen LogP contribution in [-0.2, 0) is 4.79 Å². The molecule has 98 valence electrons. The van der Waals surface area contributed by atoms with E-state index in [2.05, 4.69) is 25.3 Å². The number of unbranched alkanes of at least 4 members (excludes halogenated alkanes) is 1. The van der Waals surface area contributed by atoms with Crippen molar-refractivity contribution >= 4 is 31.2 Å². The third kappa shape index (κ3) is 19.6. The number of aliphatic hydroxyl groups excluding tert-OH is 1. The second kappa shape index (κ2) is 15.1. The zero-order valence-electron chi connectivity index (χ0n) is 9.51. The van der Waals surface area contributed by atoms with Gasteiger partial charge in [0.25, 0.3) is 0 Å². The minimum absolute atomic E-state index is 0.0972. The summed E-state index contributed by atoms with van der Waals surface area (Å²) in [6.45, 7) is 0.472. The highest BCUT2D eigenvalue weighted by Crippen LogP contribution is 2.12. The Labute approximate surface area is 108 Å². The highest BCUT2D eigenvalue weighted by Gasteiger charge is 2.02. The van der Waals surface area contributed by atoms with Crippen molar-refractivity contribution in [2.75, 3.05) is 18.9 Å². The van der Waals surface area contributed by atoms with Gasteiger partial charge in [-0.2, -0.15) is 25.3 Å². The van der Waals surface area contributed by atoms with Crippen molar-refractivity contribution in [2.24, 2.45) is 5.73 Å². The van der Waals surface area contributed by atoms with Gasteiger partial charge in [0.05, 0.1) is 6.61 Å². The molecule has 6 heteroatoms. The summed E-state index contributed by atoms with van der Waals surface area (Å²) >= 11 is 8.43. The number of thiol groups is 2. The molecular weight excluding hydrogens is 246 g/mol. The fourth-order valence-electron chi connectivity index (χ4n) is 0.950. The molecule has 1 unspecified atom stereocenters. The number of hydrogen-bond donors (Lipinski definition) is 5. The van der Waals surface area contributed by atoms with Crippen LogP contribution in [0.1, 0.15) is 32.1 Å². The molecule has 4 nitrogen and oxygen atoms in total. The molecule has 16 heavy (non-hydrogen) atoms. The van der Waals surface area contributed by atoms with Crippen LogP contribution in [0.25, 0.3) is 0 Å². The van der Waals surface area contributed by atoms with Gasteiger partial charge in [-0.3, -0.25) is 4.79 Å². The lowest BCUT2D eigenvalue weighted by molar-refractivity contribution is -0.137. The normalized spacial score (nSPS) is 11.5. The summed E-state index contributed by atoms with van der Waals surface area (Å²) in [6.07, 6.45) is 3.99. The molecule has 1 atom stereocenters. The van der Waals surface area contributed by atoms with E-state index in [0.717, 1.165) is 31.4 Å². The summed E-state index contributed by atoms with van der Waals surface area (Å²) in [6, 6.07) is 0. The lowest BCUT2D eigenvalue weighted by Gasteiger charge is -2.06. The molecule has 0 amide bonds. The van der Waals surface area contributed by atoms with Gasteiger partial charge in [0.15, 0.2) is 0 Å². The molecule has 0 aliphatic rings. The van der Waals surface area contributed by atoms with Crippen molar-refractivity contribution in [3.8, 4) is 0 Å². The Hall–Kier alpha value is 0.0900. The molecule has 0 aliphatic heterocycles. The minimum atomic E-state index is -0.708. The van der Waals surface area contributed by atoms with E-state index in [1.807, 2.05) is 0 Å². The van der Waals surface area contributed by atoms with Gasteiger partial charge in [-0.25, -0.2) is 0 Å². The van der Waals surface area contributed by atoms with Crippen LogP contribution < -0.4 is 5.73 Å². The zero-order valence-corrected chi connectivity index (χ0v) is 11.3. The average molecular weight is 269 g/mol. The quantitative estimate of drug-likeness (QED) is 0.338. The third-order valence-corrected chi connectivity index (χ3v) is 2.54. The molecule has 0 aromatic heterocycles. The van der Waals surface area contributed by atoms with E-state index >= 15 is 0 Å². The predicted molar refractivity (Wildman–Crippen MR) is 73.5 cm³/mol. The third-order valence-electron chi connectivity index (χ3n) is 1.77. The average Bonchev–Trinajstić information content (AvgIpc) is 2.25. The molecule has 0 aromatic rings. The number of carboxylic acids is 1. The van der Waals surface area contributed by atoms with Gasteiger partial charge >= 0.3 is 5.97 Å². The van der Waals surface area contributed by atoms with Crippen molar-refractivity contribution < 1.29 is 15.0 Å². The van der Waals surface area contributed by atoms with Gasteiger partial charge in [0.2, 0.25) is 0 Å². The fraction of sp³-hybridized carbons (Fsp3) is 0.900. The van der Waals surface area contributed by atoms with Crippen LogP contribution in [0.15, 0.2) is 0 Å². The number of rotatable bonds is 8. The summed E-state index contributed by atoms with van der Waals surface area (Å²) in [5.41, 5.74) is 4.78. The molecule has 0 saturated carbocycles.